The number of alkyl halides is 1. The molecule has 3 amide bonds. The van der Waals surface area contributed by atoms with E-state index in [4.69, 9.17) is 4.74 Å². The molecule has 0 aliphatic carbocycles. The fraction of sp³-hybridized carbons (Fsp3) is 0.778. The molecule has 8 nitrogen and oxygen atoms in total. The van der Waals surface area contributed by atoms with E-state index >= 15 is 0 Å². The summed E-state index contributed by atoms with van der Waals surface area (Å²) in [5.74, 6) is -0.686. The van der Waals surface area contributed by atoms with Crippen molar-refractivity contribution in [1.82, 2.24) is 15.3 Å². The number of aliphatic hydroxyl groups excluding tert-OH is 1. The van der Waals surface area contributed by atoms with Gasteiger partial charge in [0.15, 0.2) is 7.85 Å². The molecule has 0 aromatic heterocycles. The lowest BCUT2D eigenvalue weighted by molar-refractivity contribution is -0.288. The number of amides is 3. The van der Waals surface area contributed by atoms with Crippen LogP contribution in [0.1, 0.15) is 6.92 Å². The summed E-state index contributed by atoms with van der Waals surface area (Å²) in [4.78, 5) is 22.5. The second-order valence-electron chi connectivity index (χ2n) is 4.47. The molecule has 1 heterocycles. The minimum Gasteiger partial charge on any atom is -0.385 e. The molecule has 0 aromatic rings. The normalized spacial score (nSPS) is 36.1. The van der Waals surface area contributed by atoms with E-state index in [-0.39, 0.29) is 0 Å². The summed E-state index contributed by atoms with van der Waals surface area (Å²) in [5, 5.41) is 23.1. The van der Waals surface area contributed by atoms with Gasteiger partial charge in [0.2, 0.25) is 12.2 Å². The van der Waals surface area contributed by atoms with Gasteiger partial charge in [-0.15, -0.1) is 0 Å². The van der Waals surface area contributed by atoms with E-state index in [1.165, 1.54) is 22.0 Å². The molecule has 0 radical (unpaired) electrons. The molecule has 19 heavy (non-hydrogen) atoms. The van der Waals surface area contributed by atoms with Crippen LogP contribution in [0, 0.1) is 0 Å². The Morgan fingerprint density at radius 3 is 2.47 bits per heavy atom. The quantitative estimate of drug-likeness (QED) is 0.357. The Morgan fingerprint density at radius 1 is 1.53 bits per heavy atom. The highest BCUT2D eigenvalue weighted by atomic mass is 19.1. The molecule has 1 saturated heterocycles. The van der Waals surface area contributed by atoms with Crippen molar-refractivity contribution in [2.24, 2.45) is 0 Å². The molecule has 0 saturated carbocycles. The number of ether oxygens (including phenoxy) is 1. The zero-order valence-corrected chi connectivity index (χ0v) is 11.1. The van der Waals surface area contributed by atoms with Crippen molar-refractivity contribution in [3.05, 3.63) is 0 Å². The second-order valence-corrected chi connectivity index (χ2v) is 4.47. The third kappa shape index (κ3) is 2.71. The van der Waals surface area contributed by atoms with Gasteiger partial charge in [0.1, 0.15) is 17.8 Å². The maximum atomic E-state index is 14.0. The number of aliphatic hydroxyl groups is 2. The summed E-state index contributed by atoms with van der Waals surface area (Å²) in [6, 6.07) is -1.09. The van der Waals surface area contributed by atoms with Gasteiger partial charge in [-0.05, 0) is 0 Å². The lowest BCUT2D eigenvalue weighted by Crippen LogP contribution is -2.76. The number of carbonyl (C=O) groups is 2. The molecule has 1 rings (SSSR count). The number of methoxy groups -OCH3 is 1. The lowest BCUT2D eigenvalue weighted by atomic mass is 9.80. The number of carbonyl (C=O) groups excluding carboxylic acids is 2. The predicted molar refractivity (Wildman–Crippen MR) is 64.0 cm³/mol. The van der Waals surface area contributed by atoms with Gasteiger partial charge in [-0.3, -0.25) is 10.1 Å². The highest BCUT2D eigenvalue weighted by Crippen LogP contribution is 2.30. The third-order valence-electron chi connectivity index (χ3n) is 3.09. The van der Waals surface area contributed by atoms with Gasteiger partial charge in [0.05, 0.1) is 0 Å². The predicted octanol–water partition coefficient (Wildman–Crippen LogP) is -2.64. The first kappa shape index (κ1) is 15.8. The number of imide groups is 1. The molecule has 0 bridgehead atoms. The number of hydrazine groups is 1. The number of urea groups is 1. The Hall–Kier alpha value is -1.23. The van der Waals surface area contributed by atoms with Gasteiger partial charge in [-0.25, -0.2) is 14.2 Å². The van der Waals surface area contributed by atoms with Crippen molar-refractivity contribution in [3.63, 3.8) is 0 Å². The van der Waals surface area contributed by atoms with Crippen LogP contribution in [0.25, 0.3) is 0 Å². The summed E-state index contributed by atoms with van der Waals surface area (Å²) in [6.07, 6.45) is -5.17. The van der Waals surface area contributed by atoms with E-state index in [0.717, 1.165) is 11.9 Å². The van der Waals surface area contributed by atoms with Crippen LogP contribution in [0.3, 0.4) is 0 Å². The topological polar surface area (TPSA) is 102 Å². The van der Waals surface area contributed by atoms with Crippen LogP contribution in [0.15, 0.2) is 0 Å². The first-order valence-electron chi connectivity index (χ1n) is 5.56. The monoisotopic (exact) mass is 277 g/mol. The van der Waals surface area contributed by atoms with Gasteiger partial charge < -0.3 is 14.9 Å². The van der Waals surface area contributed by atoms with Crippen molar-refractivity contribution in [3.8, 4) is 0 Å². The molecule has 0 aromatic carbocycles. The average Bonchev–Trinajstić information content (AvgIpc) is 2.26. The number of halogens is 1. The van der Waals surface area contributed by atoms with Crippen molar-refractivity contribution in [2.45, 2.75) is 31.1 Å². The van der Waals surface area contributed by atoms with Crippen molar-refractivity contribution in [2.75, 3.05) is 14.2 Å². The number of hydrogen-bond acceptors (Lipinski definition) is 6. The van der Waals surface area contributed by atoms with Crippen molar-refractivity contribution < 1.29 is 28.9 Å². The first-order chi connectivity index (χ1) is 8.64. The van der Waals surface area contributed by atoms with E-state index in [9.17, 15) is 24.2 Å². The molecule has 108 valence electrons. The van der Waals surface area contributed by atoms with E-state index in [1.54, 1.807) is 0 Å². The van der Waals surface area contributed by atoms with Gasteiger partial charge in [-0.2, -0.15) is 5.01 Å². The maximum Gasteiger partial charge on any atom is 0.341 e. The molecule has 1 fully saturated rings. The summed E-state index contributed by atoms with van der Waals surface area (Å²) < 4.78 is 18.9. The van der Waals surface area contributed by atoms with Gasteiger partial charge in [0.25, 0.3) is 0 Å². The smallest absolute Gasteiger partial charge is 0.341 e. The van der Waals surface area contributed by atoms with E-state index < -0.39 is 36.1 Å². The van der Waals surface area contributed by atoms with E-state index in [2.05, 4.69) is 0 Å². The van der Waals surface area contributed by atoms with Gasteiger partial charge in [0, 0.05) is 21.1 Å². The Bertz CT molecular complexity index is 383. The zero-order chi connectivity index (χ0) is 15.0. The summed E-state index contributed by atoms with van der Waals surface area (Å²) in [5.41, 5.74) is -1.83. The Kier molecular flexibility index (Phi) is 4.51. The molecule has 0 spiro atoms. The van der Waals surface area contributed by atoms with Crippen LogP contribution >= 0.6 is 0 Å². The van der Waals surface area contributed by atoms with Gasteiger partial charge in [-0.1, -0.05) is 0 Å². The van der Waals surface area contributed by atoms with Crippen LogP contribution in [0.5, 0.6) is 0 Å². The maximum absolute atomic E-state index is 14.0. The summed E-state index contributed by atoms with van der Waals surface area (Å²) >= 11 is 0. The Balaban J connectivity index is 3.06. The Morgan fingerprint density at radius 2 is 2.05 bits per heavy atom. The fourth-order valence-electron chi connectivity index (χ4n) is 2.00. The number of nitrogens with one attached hydrogen (secondary N) is 1. The molecule has 1 aliphatic heterocycles. The highest BCUT2D eigenvalue weighted by molar-refractivity contribution is 6.14. The molecule has 3 N–H and O–H groups in total. The second kappa shape index (κ2) is 5.41. The SMILES string of the molecule is BC1(O)C(OC)C(O)C(F)N(C(=O)NC(C)=O)N1C. The lowest BCUT2D eigenvalue weighted by Gasteiger charge is -2.52. The van der Waals surface area contributed by atoms with Crippen LogP contribution in [-0.4, -0.2) is 78.3 Å². The van der Waals surface area contributed by atoms with Crippen LogP contribution in [-0.2, 0) is 9.53 Å². The number of hydrogen-bond donors (Lipinski definition) is 3. The van der Waals surface area contributed by atoms with E-state index in [0.29, 0.717) is 5.01 Å². The van der Waals surface area contributed by atoms with E-state index in [1.807, 2.05) is 5.32 Å². The molecule has 1 aliphatic rings. The number of rotatable bonds is 1. The first-order valence-corrected chi connectivity index (χ1v) is 5.56. The summed E-state index contributed by atoms with van der Waals surface area (Å²) in [6.45, 7) is 1.08. The highest BCUT2D eigenvalue weighted by Gasteiger charge is 2.54. The molecular formula is C9H17BFN3O5. The van der Waals surface area contributed by atoms with Gasteiger partial charge >= 0.3 is 6.03 Å². The zero-order valence-electron chi connectivity index (χ0n) is 11.1. The average molecular weight is 277 g/mol. The molecular weight excluding hydrogens is 260 g/mol. The molecule has 4 unspecified atom stereocenters. The standard InChI is InChI=1S/C9H17BFN3O5/c1-4(15)12-8(17)14-7(11)5(16)6(19-3)9(10,18)13(14)2/h5-7,16,18H,10H2,1-3H3,(H,12,15,17). The van der Waals surface area contributed by atoms with Crippen LogP contribution < -0.4 is 5.32 Å². The van der Waals surface area contributed by atoms with Crippen molar-refractivity contribution >= 4 is 19.8 Å². The minimum absolute atomic E-state index is 0.432. The Labute approximate surface area is 110 Å². The number of nitrogens with zero attached hydrogens (tertiary/aromatic N) is 2. The molecule has 4 atom stereocenters. The summed E-state index contributed by atoms with van der Waals surface area (Å²) in [7, 11) is 3.70. The minimum atomic E-state index is -2.16. The largest absolute Gasteiger partial charge is 0.385 e. The fourth-order valence-corrected chi connectivity index (χ4v) is 2.00. The molecule has 10 heteroatoms. The van der Waals surface area contributed by atoms with Crippen LogP contribution in [0.2, 0.25) is 0 Å². The van der Waals surface area contributed by atoms with Crippen LogP contribution in [0.4, 0.5) is 9.18 Å². The van der Waals surface area contributed by atoms with Crippen molar-refractivity contribution in [1.29, 1.82) is 0 Å². The number of likely N-dealkylation sites (N-methyl/N-ethyl adjacent to an activating group) is 1. The third-order valence-corrected chi connectivity index (χ3v) is 3.09.